The first-order valence-corrected chi connectivity index (χ1v) is 9.23. The largest absolute Gasteiger partial charge is 0.493 e. The number of sulfonamides is 1. The average Bonchev–Trinajstić information content (AvgIpc) is 2.33. The molecule has 4 nitrogen and oxygen atoms in total. The Hall–Kier alpha value is -0.590. The van der Waals surface area contributed by atoms with E-state index in [-0.39, 0.29) is 5.75 Å². The summed E-state index contributed by atoms with van der Waals surface area (Å²) < 4.78 is 28.4. The molecule has 1 rings (SSSR count). The summed E-state index contributed by atoms with van der Waals surface area (Å²) in [6.07, 6.45) is 2.20. The monoisotopic (exact) mass is 363 g/mol. The minimum absolute atomic E-state index is 0.0442. The summed E-state index contributed by atoms with van der Waals surface area (Å²) in [6.45, 7) is 4.84. The van der Waals surface area contributed by atoms with Gasteiger partial charge >= 0.3 is 0 Å². The van der Waals surface area contributed by atoms with Gasteiger partial charge in [0.1, 0.15) is 5.75 Å². The van der Waals surface area contributed by atoms with Crippen molar-refractivity contribution < 1.29 is 13.2 Å². The van der Waals surface area contributed by atoms with Gasteiger partial charge in [-0.25, -0.2) is 13.6 Å². The molecule has 0 amide bonds. The first-order valence-electron chi connectivity index (χ1n) is 6.72. The third-order valence-electron chi connectivity index (χ3n) is 2.92. The van der Waals surface area contributed by atoms with Gasteiger partial charge in [0.15, 0.2) is 0 Å². The van der Waals surface area contributed by atoms with Crippen molar-refractivity contribution >= 4 is 26.0 Å². The first kappa shape index (κ1) is 17.5. The molecule has 20 heavy (non-hydrogen) atoms. The summed E-state index contributed by atoms with van der Waals surface area (Å²) in [5.74, 6) is 1.34. The fourth-order valence-corrected chi connectivity index (χ4v) is 2.85. The molecule has 0 bridgehead atoms. The van der Waals surface area contributed by atoms with E-state index in [1.165, 1.54) is 5.56 Å². The van der Waals surface area contributed by atoms with Crippen LogP contribution in [0, 0.1) is 0 Å². The van der Waals surface area contributed by atoms with Gasteiger partial charge in [0.25, 0.3) is 0 Å². The Kier molecular flexibility index (Phi) is 6.99. The van der Waals surface area contributed by atoms with Gasteiger partial charge in [-0.3, -0.25) is 0 Å². The second kappa shape index (κ2) is 8.00. The van der Waals surface area contributed by atoms with Crippen LogP contribution in [0.25, 0.3) is 0 Å². The van der Waals surface area contributed by atoms with Crippen LogP contribution in [0.15, 0.2) is 22.7 Å². The van der Waals surface area contributed by atoms with Crippen LogP contribution < -0.4 is 9.88 Å². The molecule has 0 heterocycles. The van der Waals surface area contributed by atoms with Gasteiger partial charge in [0.2, 0.25) is 10.0 Å². The maximum atomic E-state index is 10.8. The first-order chi connectivity index (χ1) is 9.29. The normalized spacial score (nSPS) is 11.8. The molecule has 0 atom stereocenters. The fourth-order valence-electron chi connectivity index (χ4n) is 1.87. The predicted octanol–water partition coefficient (Wildman–Crippen LogP) is 3.41. The van der Waals surface area contributed by atoms with Crippen molar-refractivity contribution in [1.82, 2.24) is 0 Å². The summed E-state index contributed by atoms with van der Waals surface area (Å²) in [6, 6.07) is 5.99. The molecule has 1 aromatic rings. The molecule has 2 N–H and O–H groups in total. The number of unbranched alkanes of at least 4 members (excludes halogenated alkanes) is 2. The number of benzene rings is 1. The topological polar surface area (TPSA) is 69.4 Å². The van der Waals surface area contributed by atoms with E-state index in [0.717, 1.165) is 23.1 Å². The highest BCUT2D eigenvalue weighted by Gasteiger charge is 2.08. The van der Waals surface area contributed by atoms with Crippen molar-refractivity contribution in [1.29, 1.82) is 0 Å². The number of halogens is 1. The minimum atomic E-state index is -3.33. The molecule has 0 saturated heterocycles. The van der Waals surface area contributed by atoms with Crippen LogP contribution in [0.4, 0.5) is 0 Å². The molecule has 0 spiro atoms. The van der Waals surface area contributed by atoms with E-state index in [4.69, 9.17) is 9.88 Å². The third-order valence-corrected chi connectivity index (χ3v) is 4.28. The zero-order valence-electron chi connectivity index (χ0n) is 11.9. The lowest BCUT2D eigenvalue weighted by Crippen LogP contribution is -2.16. The molecular formula is C14H22BrNO3S. The second-order valence-electron chi connectivity index (χ2n) is 5.11. The van der Waals surface area contributed by atoms with Crippen LogP contribution in [0.1, 0.15) is 44.6 Å². The molecule has 0 aliphatic heterocycles. The van der Waals surface area contributed by atoms with E-state index in [0.29, 0.717) is 18.9 Å². The van der Waals surface area contributed by atoms with Crippen LogP contribution in [0.2, 0.25) is 0 Å². The van der Waals surface area contributed by atoms with Gasteiger partial charge in [-0.15, -0.1) is 0 Å². The molecule has 0 aliphatic rings. The van der Waals surface area contributed by atoms with Crippen LogP contribution in [-0.4, -0.2) is 20.8 Å². The second-order valence-corrected chi connectivity index (χ2v) is 7.76. The molecule has 1 aromatic carbocycles. The highest BCUT2D eigenvalue weighted by molar-refractivity contribution is 9.10. The van der Waals surface area contributed by atoms with E-state index in [1.54, 1.807) is 0 Å². The Morgan fingerprint density at radius 3 is 2.55 bits per heavy atom. The molecule has 0 radical (unpaired) electrons. The average molecular weight is 364 g/mol. The maximum Gasteiger partial charge on any atom is 0.209 e. The van der Waals surface area contributed by atoms with Gasteiger partial charge < -0.3 is 4.74 Å². The molecule has 0 aliphatic carbocycles. The van der Waals surface area contributed by atoms with Gasteiger partial charge in [-0.2, -0.15) is 0 Å². The van der Waals surface area contributed by atoms with Gasteiger partial charge in [0.05, 0.1) is 12.4 Å². The highest BCUT2D eigenvalue weighted by atomic mass is 79.9. The molecule has 0 saturated carbocycles. The summed E-state index contributed by atoms with van der Waals surface area (Å²) in [7, 11) is -3.33. The van der Waals surface area contributed by atoms with E-state index in [2.05, 4.69) is 35.8 Å². The Labute approximate surface area is 129 Å². The smallest absolute Gasteiger partial charge is 0.209 e. The van der Waals surface area contributed by atoms with Crippen LogP contribution in [0.3, 0.4) is 0 Å². The number of ether oxygens (including phenoxy) is 1. The SMILES string of the molecule is CC(C)c1cc(Br)ccc1OCCCCCS(N)(=O)=O. The molecule has 0 aromatic heterocycles. The summed E-state index contributed by atoms with van der Waals surface area (Å²) in [4.78, 5) is 0. The summed E-state index contributed by atoms with van der Waals surface area (Å²) >= 11 is 3.46. The Balaban J connectivity index is 2.39. The van der Waals surface area contributed by atoms with E-state index >= 15 is 0 Å². The van der Waals surface area contributed by atoms with Crippen molar-refractivity contribution in [3.8, 4) is 5.75 Å². The zero-order chi connectivity index (χ0) is 15.2. The van der Waals surface area contributed by atoms with Gasteiger partial charge in [-0.1, -0.05) is 29.8 Å². The third kappa shape index (κ3) is 6.72. The maximum absolute atomic E-state index is 10.8. The predicted molar refractivity (Wildman–Crippen MR) is 85.6 cm³/mol. The highest BCUT2D eigenvalue weighted by Crippen LogP contribution is 2.29. The Morgan fingerprint density at radius 1 is 1.25 bits per heavy atom. The molecule has 0 fully saturated rings. The Bertz CT molecular complexity index is 529. The van der Waals surface area contributed by atoms with Crippen LogP contribution in [-0.2, 0) is 10.0 Å². The lowest BCUT2D eigenvalue weighted by Gasteiger charge is -2.14. The molecule has 6 heteroatoms. The van der Waals surface area contributed by atoms with Crippen molar-refractivity contribution in [2.75, 3.05) is 12.4 Å². The minimum Gasteiger partial charge on any atom is -0.493 e. The van der Waals surface area contributed by atoms with E-state index in [9.17, 15) is 8.42 Å². The number of hydrogen-bond donors (Lipinski definition) is 1. The zero-order valence-corrected chi connectivity index (χ0v) is 14.3. The van der Waals surface area contributed by atoms with Crippen molar-refractivity contribution in [2.24, 2.45) is 5.14 Å². The number of hydrogen-bond acceptors (Lipinski definition) is 3. The van der Waals surface area contributed by atoms with E-state index in [1.807, 2.05) is 12.1 Å². The summed E-state index contributed by atoms with van der Waals surface area (Å²) in [5.41, 5.74) is 1.17. The summed E-state index contributed by atoms with van der Waals surface area (Å²) in [5, 5.41) is 4.95. The van der Waals surface area contributed by atoms with E-state index < -0.39 is 10.0 Å². The Morgan fingerprint density at radius 2 is 1.95 bits per heavy atom. The number of primary sulfonamides is 1. The molecule has 0 unspecified atom stereocenters. The molecular weight excluding hydrogens is 342 g/mol. The number of nitrogens with two attached hydrogens (primary N) is 1. The lowest BCUT2D eigenvalue weighted by molar-refractivity contribution is 0.302. The fraction of sp³-hybridized carbons (Fsp3) is 0.571. The lowest BCUT2D eigenvalue weighted by atomic mass is 10.0. The van der Waals surface area contributed by atoms with Crippen molar-refractivity contribution in [3.05, 3.63) is 28.2 Å². The van der Waals surface area contributed by atoms with Gasteiger partial charge in [0, 0.05) is 4.47 Å². The quantitative estimate of drug-likeness (QED) is 0.719. The standard InChI is InChI=1S/C14H22BrNO3S/c1-11(2)13-10-12(15)6-7-14(13)19-8-4-3-5-9-20(16,17)18/h6-7,10-11H,3-5,8-9H2,1-2H3,(H2,16,17,18). The van der Waals surface area contributed by atoms with Gasteiger partial charge in [-0.05, 0) is 48.9 Å². The molecule has 114 valence electrons. The number of rotatable bonds is 8. The van der Waals surface area contributed by atoms with Crippen molar-refractivity contribution in [2.45, 2.75) is 39.0 Å². The van der Waals surface area contributed by atoms with Crippen LogP contribution in [0.5, 0.6) is 5.75 Å². The van der Waals surface area contributed by atoms with Crippen molar-refractivity contribution in [3.63, 3.8) is 0 Å². The van der Waals surface area contributed by atoms with Crippen LogP contribution >= 0.6 is 15.9 Å².